The normalized spacial score (nSPS) is 13.1. The largest absolute Gasteiger partial charge is 0.454 e. The Bertz CT molecular complexity index is 3800. The van der Waals surface area contributed by atoms with Crippen molar-refractivity contribution in [2.75, 3.05) is 4.90 Å². The first-order valence-corrected chi connectivity index (χ1v) is 26.0. The summed E-state index contributed by atoms with van der Waals surface area (Å²) in [5.41, 5.74) is 23.5. The minimum Gasteiger partial charge on any atom is -0.454 e. The van der Waals surface area contributed by atoms with Gasteiger partial charge < -0.3 is 9.32 Å². The van der Waals surface area contributed by atoms with Gasteiger partial charge >= 0.3 is 0 Å². The maximum atomic E-state index is 6.91. The minimum atomic E-state index is -0.787. The highest BCUT2D eigenvalue weighted by atomic mass is 16.3. The van der Waals surface area contributed by atoms with Crippen LogP contribution in [0.25, 0.3) is 21.9 Å². The highest BCUT2D eigenvalue weighted by Crippen LogP contribution is 2.58. The second-order valence-corrected chi connectivity index (χ2v) is 20.3. The van der Waals surface area contributed by atoms with Crippen molar-refractivity contribution >= 4 is 108 Å². The molecule has 0 unspecified atom stereocenters. The van der Waals surface area contributed by atoms with Crippen molar-refractivity contribution in [2.45, 2.75) is 19.3 Å². The van der Waals surface area contributed by atoms with Crippen LogP contribution in [0.15, 0.2) is 271 Å². The van der Waals surface area contributed by atoms with Crippen LogP contribution in [0, 0.1) is 13.8 Å². The van der Waals surface area contributed by atoms with Gasteiger partial charge in [-0.15, -0.1) is 0 Å². The Kier molecular flexibility index (Phi) is 10.5. The van der Waals surface area contributed by atoms with Gasteiger partial charge in [-0.1, -0.05) is 303 Å². The summed E-state index contributed by atoms with van der Waals surface area (Å²) in [4.78, 5) is 2.48. The zero-order chi connectivity index (χ0) is 49.3. The molecule has 1 spiro atoms. The smallest absolute Gasteiger partial charge is 0.242 e. The summed E-state index contributed by atoms with van der Waals surface area (Å²) in [7, 11) is 0. The zero-order valence-electron chi connectivity index (χ0n) is 41.5. The Labute approximate surface area is 434 Å². The maximum Gasteiger partial charge on any atom is 0.242 e. The molecule has 74 heavy (non-hydrogen) atoms. The number of nitrogens with zero attached hydrogens (tertiary/aromatic N) is 1. The molecule has 14 rings (SSSR count). The lowest BCUT2D eigenvalue weighted by Crippen LogP contribution is -2.65. The lowest BCUT2D eigenvalue weighted by molar-refractivity contribution is 0.668. The number of rotatable bonds is 8. The van der Waals surface area contributed by atoms with Crippen LogP contribution in [-0.4, -0.2) is 20.1 Å². The molecule has 2 nitrogen and oxygen atoms in total. The molecule has 2 aliphatic heterocycles. The van der Waals surface area contributed by atoms with E-state index in [0.717, 1.165) is 39.0 Å². The number of hydrogen-bond donors (Lipinski definition) is 0. The van der Waals surface area contributed by atoms with Gasteiger partial charge in [0.1, 0.15) is 5.58 Å². The van der Waals surface area contributed by atoms with Gasteiger partial charge in [0.25, 0.3) is 0 Å². The summed E-state index contributed by atoms with van der Waals surface area (Å²) < 4.78 is 6.91. The van der Waals surface area contributed by atoms with E-state index < -0.39 is 5.41 Å². The average Bonchev–Trinajstić information content (AvgIpc) is 3.85. The molecule has 0 aliphatic carbocycles. The van der Waals surface area contributed by atoms with E-state index in [1.807, 2.05) is 0 Å². The molecule has 12 aromatic rings. The van der Waals surface area contributed by atoms with E-state index in [9.17, 15) is 0 Å². The number of fused-ring (bicyclic) bond motifs is 11. The van der Waals surface area contributed by atoms with Gasteiger partial charge in [0, 0.05) is 10.8 Å². The van der Waals surface area contributed by atoms with E-state index in [1.54, 1.807) is 0 Å². The summed E-state index contributed by atoms with van der Waals surface area (Å²) in [6.07, 6.45) is 0. The first-order chi connectivity index (χ1) is 36.6. The molecule has 0 fully saturated rings. The Morgan fingerprint density at radius 3 is 1.26 bits per heavy atom. The molecule has 0 bridgehead atoms. The Balaban J connectivity index is 1.14. The monoisotopic (exact) mass is 941 g/mol. The summed E-state index contributed by atoms with van der Waals surface area (Å²) >= 11 is 0. The van der Waals surface area contributed by atoms with Crippen LogP contribution in [0.4, 0.5) is 17.1 Å². The highest BCUT2D eigenvalue weighted by molar-refractivity contribution is 6.99. The van der Waals surface area contributed by atoms with Gasteiger partial charge in [-0.25, -0.2) is 0 Å². The van der Waals surface area contributed by atoms with Crippen molar-refractivity contribution in [1.82, 2.24) is 0 Å². The van der Waals surface area contributed by atoms with Crippen LogP contribution in [0.1, 0.15) is 33.4 Å². The molecular formula is C69H50B3NO. The molecular weight excluding hydrogens is 891 g/mol. The molecule has 2 aliphatic rings. The third-order valence-corrected chi connectivity index (χ3v) is 16.3. The molecule has 0 atom stereocenters. The summed E-state index contributed by atoms with van der Waals surface area (Å²) in [6, 6.07) is 99.8. The second-order valence-electron chi connectivity index (χ2n) is 20.3. The van der Waals surface area contributed by atoms with Gasteiger partial charge in [-0.05, 0) is 60.4 Å². The number of hydrogen-bond acceptors (Lipinski definition) is 2. The van der Waals surface area contributed by atoms with E-state index in [0.29, 0.717) is 0 Å². The van der Waals surface area contributed by atoms with Crippen LogP contribution in [0.3, 0.4) is 0 Å². The van der Waals surface area contributed by atoms with E-state index in [2.05, 4.69) is 286 Å². The maximum absolute atomic E-state index is 6.91. The number of benzene rings is 11. The van der Waals surface area contributed by atoms with Crippen molar-refractivity contribution in [3.8, 4) is 0 Å². The summed E-state index contributed by atoms with van der Waals surface area (Å²) in [6.45, 7) is 4.54. The topological polar surface area (TPSA) is 16.4 Å². The predicted molar refractivity (Wildman–Crippen MR) is 316 cm³/mol. The van der Waals surface area contributed by atoms with Crippen molar-refractivity contribution in [1.29, 1.82) is 0 Å². The number of anilines is 3. The molecule has 0 saturated heterocycles. The van der Waals surface area contributed by atoms with Crippen molar-refractivity contribution in [3.05, 3.63) is 300 Å². The Hall–Kier alpha value is -8.79. The zero-order valence-corrected chi connectivity index (χ0v) is 41.5. The van der Waals surface area contributed by atoms with E-state index in [1.165, 1.54) is 82.5 Å². The summed E-state index contributed by atoms with van der Waals surface area (Å²) in [5.74, 6) is 0. The lowest BCUT2D eigenvalue weighted by atomic mass is 9.28. The average molecular weight is 942 g/mol. The molecule has 5 heteroatoms. The lowest BCUT2D eigenvalue weighted by Gasteiger charge is -2.51. The van der Waals surface area contributed by atoms with Gasteiger partial charge in [-0.2, -0.15) is 0 Å². The molecule has 1 aromatic heterocycles. The number of furan rings is 1. The molecule has 3 heterocycles. The third kappa shape index (κ3) is 6.76. The molecule has 0 radical (unpaired) electrons. The predicted octanol–water partition coefficient (Wildman–Crippen LogP) is 10.2. The molecule has 0 saturated carbocycles. The molecule has 0 amide bonds. The van der Waals surface area contributed by atoms with E-state index >= 15 is 0 Å². The molecule has 0 N–H and O–H groups in total. The van der Waals surface area contributed by atoms with Gasteiger partial charge in [0.05, 0.1) is 22.5 Å². The van der Waals surface area contributed by atoms with E-state index in [4.69, 9.17) is 4.42 Å². The highest BCUT2D eigenvalue weighted by Gasteiger charge is 2.53. The number of para-hydroxylation sites is 4. The van der Waals surface area contributed by atoms with E-state index in [-0.39, 0.29) is 20.1 Å². The van der Waals surface area contributed by atoms with Crippen LogP contribution >= 0.6 is 0 Å². The van der Waals surface area contributed by atoms with Crippen LogP contribution in [0.5, 0.6) is 0 Å². The minimum absolute atomic E-state index is 0.0112. The van der Waals surface area contributed by atoms with Gasteiger partial charge in [-0.3, -0.25) is 0 Å². The van der Waals surface area contributed by atoms with Crippen LogP contribution in [0.2, 0.25) is 0 Å². The Morgan fingerprint density at radius 2 is 0.757 bits per heavy atom. The van der Waals surface area contributed by atoms with Gasteiger partial charge in [0.2, 0.25) is 20.1 Å². The van der Waals surface area contributed by atoms with Crippen LogP contribution in [-0.2, 0) is 5.41 Å². The molecule has 346 valence electrons. The van der Waals surface area contributed by atoms with Gasteiger partial charge in [0.15, 0.2) is 5.58 Å². The standard InChI is InChI=1S/C69H50B3NO/c1-47-23-21-24-48(2)67(47)72-61-43-41-53(70(49-25-7-3-8-26-49)50-27-9-4-10-28-50)45-59(61)69(60-46-54(42-44-62(60)72)71(51-29-11-5-12-30-51)52-31-13-6-14-32-52)57-35-16-18-37-63(57)73(64-38-19-17-36-58(64)69)65-39-22-34-56-55-33-15-20-40-66(55)74-68(56)65/h3-46H,1-2H3. The fourth-order valence-electron chi connectivity index (χ4n) is 13.3. The van der Waals surface area contributed by atoms with Crippen molar-refractivity contribution in [2.24, 2.45) is 0 Å². The molecule has 11 aromatic carbocycles. The van der Waals surface area contributed by atoms with Crippen LogP contribution < -0.4 is 54.1 Å². The third-order valence-electron chi connectivity index (χ3n) is 16.3. The SMILES string of the molecule is Cc1cccc(C)c1B1c2ccc(B(c3ccccc3)c3ccccc3)cc2C2(c3cc(B(c4ccccc4)c4ccccc4)ccc31)c1ccccc1N(c1cccc3c1oc1ccccc13)c1ccccc12. The Morgan fingerprint density at radius 1 is 0.351 bits per heavy atom. The fourth-order valence-corrected chi connectivity index (χ4v) is 13.3. The van der Waals surface area contributed by atoms with Crippen molar-refractivity contribution in [3.63, 3.8) is 0 Å². The van der Waals surface area contributed by atoms with Crippen molar-refractivity contribution < 1.29 is 4.42 Å². The first kappa shape index (κ1) is 44.0. The second kappa shape index (κ2) is 17.8. The quantitative estimate of drug-likeness (QED) is 0.141. The number of aryl methyl sites for hydroxylation is 2. The fraction of sp³-hybridized carbons (Fsp3) is 0.0435. The first-order valence-electron chi connectivity index (χ1n) is 26.0. The summed E-state index contributed by atoms with van der Waals surface area (Å²) in [5, 5.41) is 2.22.